The van der Waals surface area contributed by atoms with Crippen LogP contribution in [0.4, 0.5) is 0 Å². The van der Waals surface area contributed by atoms with Crippen LogP contribution in [0, 0.1) is 11.3 Å². The van der Waals surface area contributed by atoms with Gasteiger partial charge in [-0.15, -0.1) is 0 Å². The molecule has 28 heavy (non-hydrogen) atoms. The Morgan fingerprint density at radius 3 is 2.79 bits per heavy atom. The minimum Gasteiger partial charge on any atom is -0.481 e. The second-order valence-corrected chi connectivity index (χ2v) is 6.67. The van der Waals surface area contributed by atoms with Crippen LogP contribution in [-0.2, 0) is 0 Å². The lowest BCUT2D eigenvalue weighted by Gasteiger charge is -2.25. The van der Waals surface area contributed by atoms with Gasteiger partial charge in [0.05, 0.1) is 33.2 Å². The molecule has 4 aromatic rings. The number of halogens is 1. The first-order valence-corrected chi connectivity index (χ1v) is 8.51. The lowest BCUT2D eigenvalue weighted by Crippen LogP contribution is -2.37. The number of hydrogen-bond donors (Lipinski definition) is 4. The first-order chi connectivity index (χ1) is 13.3. The van der Waals surface area contributed by atoms with Crippen molar-refractivity contribution in [1.82, 2.24) is 15.0 Å². The second-order valence-electron chi connectivity index (χ2n) is 6.26. The Kier molecular flexibility index (Phi) is 4.35. The Morgan fingerprint density at radius 2 is 2.07 bits per heavy atom. The van der Waals surface area contributed by atoms with Gasteiger partial charge in [0.25, 0.3) is 0 Å². The molecule has 0 spiro atoms. The van der Waals surface area contributed by atoms with Crippen LogP contribution in [0.25, 0.3) is 21.9 Å². The van der Waals surface area contributed by atoms with E-state index < -0.39 is 11.7 Å². The number of aliphatic hydroxyl groups is 2. The van der Waals surface area contributed by atoms with Gasteiger partial charge in [-0.1, -0.05) is 11.6 Å². The van der Waals surface area contributed by atoms with Gasteiger partial charge in [0.1, 0.15) is 23.3 Å². The van der Waals surface area contributed by atoms with Crippen LogP contribution in [0.1, 0.15) is 23.1 Å². The van der Waals surface area contributed by atoms with Crippen molar-refractivity contribution in [2.24, 2.45) is 0 Å². The van der Waals surface area contributed by atoms with E-state index in [0.29, 0.717) is 32.5 Å². The molecule has 0 bridgehead atoms. The summed E-state index contributed by atoms with van der Waals surface area (Å²) in [5, 5.41) is 30.6. The average Bonchev–Trinajstić information content (AvgIpc) is 3.26. The lowest BCUT2D eigenvalue weighted by molar-refractivity contribution is 0.0108. The van der Waals surface area contributed by atoms with Crippen LogP contribution in [0.2, 0.25) is 5.02 Å². The first kappa shape index (κ1) is 18.4. The molecule has 1 atom stereocenters. The molecule has 4 N–H and O–H groups in total. The Morgan fingerprint density at radius 1 is 1.29 bits per heavy atom. The Bertz CT molecular complexity index is 1240. The van der Waals surface area contributed by atoms with Gasteiger partial charge < -0.3 is 24.9 Å². The highest BCUT2D eigenvalue weighted by molar-refractivity contribution is 6.38. The maximum Gasteiger partial charge on any atom is 0.156 e. The van der Waals surface area contributed by atoms with E-state index in [-0.39, 0.29) is 17.1 Å². The van der Waals surface area contributed by atoms with Gasteiger partial charge in [-0.25, -0.2) is 4.98 Å². The summed E-state index contributed by atoms with van der Waals surface area (Å²) in [6.45, 7) is 0. The van der Waals surface area contributed by atoms with E-state index in [9.17, 15) is 10.2 Å². The monoisotopic (exact) mass is 388 g/mol. The molecule has 1 unspecified atom stereocenters. The molecule has 134 valence electrons. The summed E-state index contributed by atoms with van der Waals surface area (Å²) in [6.07, 6.45) is 0.358. The Hall–Kier alpha value is -2.92. The number of hydrogen-bond acceptors (Lipinski definition) is 5. The van der Waals surface area contributed by atoms with Crippen LogP contribution >= 0.6 is 11.6 Å². The van der Waals surface area contributed by atoms with E-state index in [1.54, 1.807) is 30.5 Å². The molecule has 0 amide bonds. The Labute approximate surface area is 166 Å². The fourth-order valence-corrected chi connectivity index (χ4v) is 3.35. The minimum absolute atomic E-state index is 0.00438. The van der Waals surface area contributed by atoms with Crippen LogP contribution in [0.15, 0.2) is 36.5 Å². The molecule has 0 fully saturated rings. The predicted molar refractivity (Wildman–Crippen MR) is 105 cm³/mol. The first-order valence-electron chi connectivity index (χ1n) is 8.13. The number of nitrogens with zero attached hydrogens (tertiary/aromatic N) is 2. The summed E-state index contributed by atoms with van der Waals surface area (Å²) in [5.41, 5.74) is -0.0414. The normalized spacial score (nSPS) is 12.9. The molecule has 0 aliphatic rings. The molecule has 10 heteroatoms. The van der Waals surface area contributed by atoms with Crippen molar-refractivity contribution in [2.45, 2.75) is 11.7 Å². The van der Waals surface area contributed by atoms with E-state index in [2.05, 4.69) is 15.0 Å². The number of fused-ring (bicyclic) bond motifs is 2. The van der Waals surface area contributed by atoms with Crippen molar-refractivity contribution in [3.8, 4) is 11.8 Å². The minimum atomic E-state index is -2.47. The number of nitriles is 1. The largest absolute Gasteiger partial charge is 0.481 e. The van der Waals surface area contributed by atoms with Crippen molar-refractivity contribution < 1.29 is 14.9 Å². The highest BCUT2D eigenvalue weighted by Gasteiger charge is 2.26. The summed E-state index contributed by atoms with van der Waals surface area (Å²) in [5.74, 6) is 0.201. The fourth-order valence-electron chi connectivity index (χ4n) is 3.10. The van der Waals surface area contributed by atoms with Crippen molar-refractivity contribution in [2.75, 3.05) is 0 Å². The summed E-state index contributed by atoms with van der Waals surface area (Å²) in [6, 6.07) is 10.1. The fraction of sp³-hybridized carbons (Fsp3) is 0.111. The van der Waals surface area contributed by atoms with Gasteiger partial charge in [-0.3, -0.25) is 0 Å². The van der Waals surface area contributed by atoms with Crippen LogP contribution in [0.3, 0.4) is 0 Å². The summed E-state index contributed by atoms with van der Waals surface area (Å²) >= 11 is 6.24. The SMILES string of the molecule is [B]C([B])(O)Oc1cc(Cl)c2[nH]ccc2c1C(O)c1nc2ccc(C#N)cc2[nH]1. The smallest absolute Gasteiger partial charge is 0.156 e. The molecule has 0 saturated carbocycles. The average molecular weight is 388 g/mol. The number of aliphatic hydroxyl groups excluding tert-OH is 1. The van der Waals surface area contributed by atoms with Gasteiger partial charge in [0, 0.05) is 23.2 Å². The van der Waals surface area contributed by atoms with Gasteiger partial charge in [-0.2, -0.15) is 5.26 Å². The number of ether oxygens (including phenoxy) is 1. The number of aromatic amines is 2. The molecule has 2 aromatic carbocycles. The van der Waals surface area contributed by atoms with Gasteiger partial charge in [-0.05, 0) is 24.3 Å². The van der Waals surface area contributed by atoms with Crippen LogP contribution in [0.5, 0.6) is 5.75 Å². The zero-order valence-electron chi connectivity index (χ0n) is 14.3. The van der Waals surface area contributed by atoms with Crippen LogP contribution in [-0.4, -0.2) is 46.4 Å². The standard InChI is InChI=1S/C18H11B2ClN4O3/c19-18(20,27)28-13-6-10(21)15-9(3-4-23-15)14(13)16(26)17-24-11-2-1-8(7-22)5-12(11)25-17/h1-6,16,23,26-27H,(H,24,25). The number of rotatable bonds is 4. The second kappa shape index (κ2) is 6.60. The molecule has 0 aliphatic heterocycles. The molecule has 4 radical (unpaired) electrons. The topological polar surface area (TPSA) is 118 Å². The zero-order valence-corrected chi connectivity index (χ0v) is 15.0. The maximum absolute atomic E-state index is 11.0. The predicted octanol–water partition coefficient (Wildman–Crippen LogP) is 1.97. The molecule has 0 aliphatic carbocycles. The molecule has 2 heterocycles. The summed E-state index contributed by atoms with van der Waals surface area (Å²) in [4.78, 5) is 10.3. The maximum atomic E-state index is 11.0. The molecule has 2 aromatic heterocycles. The third-order valence-corrected chi connectivity index (χ3v) is 4.53. The van der Waals surface area contributed by atoms with E-state index in [1.165, 1.54) is 6.07 Å². The number of aromatic nitrogens is 3. The van der Waals surface area contributed by atoms with Crippen molar-refractivity contribution in [3.63, 3.8) is 0 Å². The molecule has 0 saturated heterocycles. The zero-order chi connectivity index (χ0) is 20.1. The van der Waals surface area contributed by atoms with E-state index >= 15 is 0 Å². The number of H-pyrrole nitrogens is 2. The third-order valence-electron chi connectivity index (χ3n) is 4.23. The molecule has 4 rings (SSSR count). The highest BCUT2D eigenvalue weighted by Crippen LogP contribution is 2.40. The molecule has 7 nitrogen and oxygen atoms in total. The van der Waals surface area contributed by atoms with Crippen molar-refractivity contribution >= 4 is 49.2 Å². The quantitative estimate of drug-likeness (QED) is 0.315. The Balaban J connectivity index is 1.89. The third kappa shape index (κ3) is 3.22. The number of imidazole rings is 1. The van der Waals surface area contributed by atoms with Gasteiger partial charge in [0.15, 0.2) is 15.7 Å². The van der Waals surface area contributed by atoms with Crippen molar-refractivity contribution in [1.29, 1.82) is 5.26 Å². The summed E-state index contributed by atoms with van der Waals surface area (Å²) < 4.78 is 5.21. The summed E-state index contributed by atoms with van der Waals surface area (Å²) in [7, 11) is 10.7. The lowest BCUT2D eigenvalue weighted by atomic mass is 9.76. The molecular formula is C18H11B2ClN4O3. The van der Waals surface area contributed by atoms with Gasteiger partial charge in [0.2, 0.25) is 0 Å². The number of nitrogens with one attached hydrogen (secondary N) is 2. The van der Waals surface area contributed by atoms with E-state index in [4.69, 9.17) is 37.3 Å². The van der Waals surface area contributed by atoms with Gasteiger partial charge >= 0.3 is 0 Å². The van der Waals surface area contributed by atoms with Crippen LogP contribution < -0.4 is 4.74 Å². The van der Waals surface area contributed by atoms with E-state index in [1.807, 2.05) is 6.07 Å². The highest BCUT2D eigenvalue weighted by atomic mass is 35.5. The van der Waals surface area contributed by atoms with Crippen molar-refractivity contribution in [3.05, 3.63) is 58.5 Å². The molecular weight excluding hydrogens is 377 g/mol. The number of benzene rings is 2. The van der Waals surface area contributed by atoms with E-state index in [0.717, 1.165) is 0 Å².